The van der Waals surface area contributed by atoms with Crippen LogP contribution in [-0.2, 0) is 21.4 Å². The van der Waals surface area contributed by atoms with Crippen LogP contribution in [0.4, 0.5) is 4.39 Å². The molecule has 23 heavy (non-hydrogen) atoms. The highest BCUT2D eigenvalue weighted by atomic mass is 32.2. The van der Waals surface area contributed by atoms with Gasteiger partial charge in [0.1, 0.15) is 11.4 Å². The average Bonchev–Trinajstić information content (AvgIpc) is 2.48. The maximum absolute atomic E-state index is 12.9. The number of benzene rings is 2. The normalized spacial score (nSPS) is 14.4. The molecule has 2 N–H and O–H groups in total. The van der Waals surface area contributed by atoms with Crippen molar-refractivity contribution in [2.24, 2.45) is 0 Å². The summed E-state index contributed by atoms with van der Waals surface area (Å²) in [5.74, 6) is -0.566. The maximum Gasteiger partial charge on any atom is 0.215 e. The minimum absolute atomic E-state index is 0.154. The Labute approximate surface area is 136 Å². The molecule has 6 heteroatoms. The summed E-state index contributed by atoms with van der Waals surface area (Å²) in [6.45, 7) is 3.14. The zero-order valence-corrected chi connectivity index (χ0v) is 13.9. The quantitative estimate of drug-likeness (QED) is 0.851. The first-order valence-electron chi connectivity index (χ1n) is 7.20. The van der Waals surface area contributed by atoms with Crippen LogP contribution < -0.4 is 4.72 Å². The standard InChI is InChI=1S/C17H20FNO3S/c1-13-5-3-4-6-14(13)11-23(21,22)19-12-17(2,20)15-7-9-16(18)10-8-15/h3-10,19-20H,11-12H2,1-2H3. The summed E-state index contributed by atoms with van der Waals surface area (Å²) in [5.41, 5.74) is 0.619. The highest BCUT2D eigenvalue weighted by molar-refractivity contribution is 7.88. The lowest BCUT2D eigenvalue weighted by Crippen LogP contribution is -2.39. The Bertz CT molecular complexity index is 771. The van der Waals surface area contributed by atoms with Crippen LogP contribution in [0.5, 0.6) is 0 Å². The topological polar surface area (TPSA) is 66.4 Å². The van der Waals surface area contributed by atoms with Gasteiger partial charge in [-0.05, 0) is 42.7 Å². The van der Waals surface area contributed by atoms with Crippen LogP contribution in [0.3, 0.4) is 0 Å². The summed E-state index contributed by atoms with van der Waals surface area (Å²) >= 11 is 0. The summed E-state index contributed by atoms with van der Waals surface area (Å²) in [4.78, 5) is 0. The lowest BCUT2D eigenvalue weighted by atomic mass is 9.96. The Morgan fingerprint density at radius 2 is 1.74 bits per heavy atom. The number of hydrogen-bond acceptors (Lipinski definition) is 3. The molecule has 1 unspecified atom stereocenters. The SMILES string of the molecule is Cc1ccccc1CS(=O)(=O)NCC(C)(O)c1ccc(F)cc1. The highest BCUT2D eigenvalue weighted by Crippen LogP contribution is 2.20. The Hall–Kier alpha value is -1.76. The first-order valence-corrected chi connectivity index (χ1v) is 8.85. The van der Waals surface area contributed by atoms with Crippen LogP contribution in [-0.4, -0.2) is 20.1 Å². The van der Waals surface area contributed by atoms with E-state index < -0.39 is 21.4 Å². The van der Waals surface area contributed by atoms with Crippen LogP contribution >= 0.6 is 0 Å². The monoisotopic (exact) mass is 337 g/mol. The number of hydrogen-bond donors (Lipinski definition) is 2. The van der Waals surface area contributed by atoms with E-state index in [0.29, 0.717) is 11.1 Å². The van der Waals surface area contributed by atoms with Gasteiger partial charge < -0.3 is 5.11 Å². The predicted octanol–water partition coefficient (Wildman–Crippen LogP) is 2.46. The minimum Gasteiger partial charge on any atom is -0.384 e. The van der Waals surface area contributed by atoms with Crippen LogP contribution in [0.15, 0.2) is 48.5 Å². The number of rotatable bonds is 6. The number of halogens is 1. The van der Waals surface area contributed by atoms with E-state index in [1.54, 1.807) is 12.1 Å². The number of nitrogens with one attached hydrogen (secondary N) is 1. The van der Waals surface area contributed by atoms with Gasteiger partial charge in [0.15, 0.2) is 0 Å². The Balaban J connectivity index is 2.06. The molecule has 0 aliphatic carbocycles. The third-order valence-electron chi connectivity index (χ3n) is 3.71. The number of aryl methyl sites for hydroxylation is 1. The summed E-state index contributed by atoms with van der Waals surface area (Å²) in [5, 5.41) is 10.4. The predicted molar refractivity (Wildman–Crippen MR) is 87.8 cm³/mol. The molecular formula is C17H20FNO3S. The van der Waals surface area contributed by atoms with E-state index in [-0.39, 0.29) is 12.3 Å². The maximum atomic E-state index is 12.9. The van der Waals surface area contributed by atoms with Crippen LogP contribution in [0.2, 0.25) is 0 Å². The second kappa shape index (κ2) is 6.78. The van der Waals surface area contributed by atoms with Crippen molar-refractivity contribution in [3.8, 4) is 0 Å². The molecule has 0 fully saturated rings. The van der Waals surface area contributed by atoms with Gasteiger partial charge in [-0.2, -0.15) is 0 Å². The molecule has 0 spiro atoms. The number of sulfonamides is 1. The van der Waals surface area contributed by atoms with Gasteiger partial charge in [-0.3, -0.25) is 0 Å². The van der Waals surface area contributed by atoms with E-state index >= 15 is 0 Å². The molecule has 2 rings (SSSR count). The second-order valence-electron chi connectivity index (χ2n) is 5.79. The first-order chi connectivity index (χ1) is 10.7. The molecule has 124 valence electrons. The average molecular weight is 337 g/mol. The van der Waals surface area contributed by atoms with Crippen LogP contribution in [0.1, 0.15) is 23.6 Å². The molecule has 0 aromatic heterocycles. The third kappa shape index (κ3) is 4.86. The van der Waals surface area contributed by atoms with Gasteiger partial charge >= 0.3 is 0 Å². The molecule has 0 aliphatic rings. The molecular weight excluding hydrogens is 317 g/mol. The minimum atomic E-state index is -3.59. The molecule has 0 aliphatic heterocycles. The van der Waals surface area contributed by atoms with E-state index in [0.717, 1.165) is 5.56 Å². The lowest BCUT2D eigenvalue weighted by molar-refractivity contribution is 0.0627. The smallest absolute Gasteiger partial charge is 0.215 e. The molecule has 2 aromatic carbocycles. The van der Waals surface area contributed by atoms with E-state index in [2.05, 4.69) is 4.72 Å². The number of aliphatic hydroxyl groups is 1. The zero-order chi connectivity index (χ0) is 17.1. The van der Waals surface area contributed by atoms with Gasteiger partial charge in [0.25, 0.3) is 0 Å². The van der Waals surface area contributed by atoms with E-state index in [1.807, 2.05) is 19.1 Å². The Morgan fingerprint density at radius 1 is 1.13 bits per heavy atom. The van der Waals surface area contributed by atoms with Crippen molar-refractivity contribution in [3.05, 3.63) is 71.0 Å². The third-order valence-corrected chi connectivity index (χ3v) is 4.98. The van der Waals surface area contributed by atoms with E-state index in [4.69, 9.17) is 0 Å². The summed E-state index contributed by atoms with van der Waals surface area (Å²) in [6.07, 6.45) is 0. The van der Waals surface area contributed by atoms with Gasteiger partial charge in [-0.25, -0.2) is 17.5 Å². The molecule has 4 nitrogen and oxygen atoms in total. The lowest BCUT2D eigenvalue weighted by Gasteiger charge is -2.24. The highest BCUT2D eigenvalue weighted by Gasteiger charge is 2.25. The molecule has 0 saturated carbocycles. The largest absolute Gasteiger partial charge is 0.384 e. The van der Waals surface area contributed by atoms with Gasteiger partial charge in [0.2, 0.25) is 10.0 Å². The van der Waals surface area contributed by atoms with Crippen molar-refractivity contribution in [2.45, 2.75) is 25.2 Å². The fourth-order valence-electron chi connectivity index (χ4n) is 2.19. The fraction of sp³-hybridized carbons (Fsp3) is 0.294. The fourth-order valence-corrected chi connectivity index (χ4v) is 3.53. The van der Waals surface area contributed by atoms with Crippen molar-refractivity contribution in [3.63, 3.8) is 0 Å². The van der Waals surface area contributed by atoms with Gasteiger partial charge in [-0.1, -0.05) is 36.4 Å². The Morgan fingerprint density at radius 3 is 2.35 bits per heavy atom. The van der Waals surface area contributed by atoms with Crippen molar-refractivity contribution >= 4 is 10.0 Å². The second-order valence-corrected chi connectivity index (χ2v) is 7.59. The Kier molecular flexibility index (Phi) is 5.19. The van der Waals surface area contributed by atoms with Gasteiger partial charge in [0.05, 0.1) is 5.75 Å². The van der Waals surface area contributed by atoms with Crippen molar-refractivity contribution < 1.29 is 17.9 Å². The molecule has 2 aromatic rings. The van der Waals surface area contributed by atoms with E-state index in [9.17, 15) is 17.9 Å². The molecule has 0 saturated heterocycles. The molecule has 0 radical (unpaired) electrons. The molecule has 1 atom stereocenters. The van der Waals surface area contributed by atoms with E-state index in [1.165, 1.54) is 31.2 Å². The zero-order valence-electron chi connectivity index (χ0n) is 13.1. The van der Waals surface area contributed by atoms with Crippen LogP contribution in [0, 0.1) is 12.7 Å². The van der Waals surface area contributed by atoms with Crippen molar-refractivity contribution in [1.82, 2.24) is 4.72 Å². The van der Waals surface area contributed by atoms with Crippen molar-refractivity contribution in [1.29, 1.82) is 0 Å². The van der Waals surface area contributed by atoms with Gasteiger partial charge in [0, 0.05) is 6.54 Å². The van der Waals surface area contributed by atoms with Gasteiger partial charge in [-0.15, -0.1) is 0 Å². The molecule has 0 amide bonds. The van der Waals surface area contributed by atoms with Crippen molar-refractivity contribution in [2.75, 3.05) is 6.54 Å². The summed E-state index contributed by atoms with van der Waals surface area (Å²) in [7, 11) is -3.59. The van der Waals surface area contributed by atoms with Crippen LogP contribution in [0.25, 0.3) is 0 Å². The summed E-state index contributed by atoms with van der Waals surface area (Å²) < 4.78 is 39.8. The molecule has 0 bridgehead atoms. The first kappa shape index (κ1) is 17.6. The summed E-state index contributed by atoms with van der Waals surface area (Å²) in [6, 6.07) is 12.6. The molecule has 0 heterocycles.